The molecular formula is C14H10N2. The number of hydrogen-bond donors (Lipinski definition) is 0. The molecule has 1 aromatic heterocycles. The first kappa shape index (κ1) is 9.04. The van der Waals surface area contributed by atoms with Gasteiger partial charge in [0, 0.05) is 18.0 Å². The van der Waals surface area contributed by atoms with E-state index in [4.69, 9.17) is 0 Å². The van der Waals surface area contributed by atoms with E-state index < -0.39 is 0 Å². The molecule has 0 fully saturated rings. The molecule has 0 aliphatic rings. The van der Waals surface area contributed by atoms with E-state index in [0.29, 0.717) is 0 Å². The Morgan fingerprint density at radius 3 is 2.38 bits per heavy atom. The molecule has 0 N–H and O–H groups in total. The summed E-state index contributed by atoms with van der Waals surface area (Å²) in [6.07, 6.45) is 3.45. The third kappa shape index (κ3) is 1.44. The van der Waals surface area contributed by atoms with Crippen LogP contribution < -0.4 is 0 Å². The van der Waals surface area contributed by atoms with Crippen molar-refractivity contribution in [3.63, 3.8) is 0 Å². The molecule has 3 aromatic rings. The lowest BCUT2D eigenvalue weighted by Crippen LogP contribution is -1.86. The maximum absolute atomic E-state index is 4.40. The average molecular weight is 206 g/mol. The van der Waals surface area contributed by atoms with Gasteiger partial charge < -0.3 is 0 Å². The molecule has 2 heteroatoms. The number of aromatic nitrogens is 2. The monoisotopic (exact) mass is 206 g/mol. The van der Waals surface area contributed by atoms with Crippen molar-refractivity contribution in [2.45, 2.75) is 0 Å². The molecule has 0 aliphatic carbocycles. The van der Waals surface area contributed by atoms with E-state index in [1.165, 1.54) is 5.56 Å². The van der Waals surface area contributed by atoms with Crippen LogP contribution in [-0.4, -0.2) is 9.97 Å². The Morgan fingerprint density at radius 2 is 1.50 bits per heavy atom. The van der Waals surface area contributed by atoms with Crippen LogP contribution in [0.4, 0.5) is 0 Å². The largest absolute Gasteiger partial charge is 0.253 e. The number of benzene rings is 2. The summed E-state index contributed by atoms with van der Waals surface area (Å²) in [6, 6.07) is 16.3. The van der Waals surface area contributed by atoms with Crippen LogP contribution in [0.3, 0.4) is 0 Å². The van der Waals surface area contributed by atoms with Crippen molar-refractivity contribution in [3.05, 3.63) is 60.9 Å². The number of fused-ring (bicyclic) bond motifs is 1. The molecule has 0 saturated heterocycles. The van der Waals surface area contributed by atoms with Gasteiger partial charge in [0.1, 0.15) is 0 Å². The maximum Gasteiger partial charge on any atom is 0.0965 e. The zero-order valence-electron chi connectivity index (χ0n) is 8.67. The smallest absolute Gasteiger partial charge is 0.0965 e. The predicted octanol–water partition coefficient (Wildman–Crippen LogP) is 3.30. The highest BCUT2D eigenvalue weighted by molar-refractivity contribution is 5.91. The van der Waals surface area contributed by atoms with E-state index in [0.717, 1.165) is 16.6 Å². The Labute approximate surface area is 93.6 Å². The van der Waals surface area contributed by atoms with Gasteiger partial charge in [0.05, 0.1) is 11.0 Å². The van der Waals surface area contributed by atoms with Gasteiger partial charge in [-0.15, -0.1) is 0 Å². The Morgan fingerprint density at radius 1 is 0.688 bits per heavy atom. The van der Waals surface area contributed by atoms with Crippen molar-refractivity contribution in [1.29, 1.82) is 0 Å². The van der Waals surface area contributed by atoms with Crippen LogP contribution in [0.15, 0.2) is 60.9 Å². The second-order valence-corrected chi connectivity index (χ2v) is 3.60. The van der Waals surface area contributed by atoms with Crippen LogP contribution >= 0.6 is 0 Å². The summed E-state index contributed by atoms with van der Waals surface area (Å²) in [7, 11) is 0. The molecule has 0 bridgehead atoms. The minimum Gasteiger partial charge on any atom is -0.253 e. The zero-order chi connectivity index (χ0) is 10.8. The van der Waals surface area contributed by atoms with E-state index in [-0.39, 0.29) is 0 Å². The molecule has 2 nitrogen and oxygen atoms in total. The van der Waals surface area contributed by atoms with Gasteiger partial charge in [-0.2, -0.15) is 0 Å². The van der Waals surface area contributed by atoms with Crippen molar-refractivity contribution in [1.82, 2.24) is 9.97 Å². The van der Waals surface area contributed by atoms with Gasteiger partial charge in [-0.3, -0.25) is 9.97 Å². The van der Waals surface area contributed by atoms with Crippen LogP contribution in [0.5, 0.6) is 0 Å². The van der Waals surface area contributed by atoms with Crippen molar-refractivity contribution in [3.8, 4) is 11.1 Å². The molecule has 0 amide bonds. The minimum absolute atomic E-state index is 0.934. The molecule has 3 rings (SSSR count). The van der Waals surface area contributed by atoms with E-state index in [1.54, 1.807) is 12.4 Å². The molecule has 0 atom stereocenters. The van der Waals surface area contributed by atoms with Crippen LogP contribution in [-0.2, 0) is 0 Å². The lowest BCUT2D eigenvalue weighted by atomic mass is 10.0. The lowest BCUT2D eigenvalue weighted by Gasteiger charge is -2.04. The Balaban J connectivity index is 2.32. The summed E-state index contributed by atoms with van der Waals surface area (Å²) >= 11 is 0. The standard InChI is InChI=1S/C14H10N2/c1-2-5-11(6-3-1)12-7-4-8-13-14(12)16-10-9-15-13/h1-10H. The molecule has 0 radical (unpaired) electrons. The third-order valence-corrected chi connectivity index (χ3v) is 2.58. The van der Waals surface area contributed by atoms with Crippen LogP contribution in [0.2, 0.25) is 0 Å². The SMILES string of the molecule is c1ccc(-c2cccc3nccnc23)cc1. The van der Waals surface area contributed by atoms with Gasteiger partial charge in [0.2, 0.25) is 0 Å². The molecule has 76 valence electrons. The molecule has 0 spiro atoms. The second kappa shape index (κ2) is 3.74. The van der Waals surface area contributed by atoms with Gasteiger partial charge in [-0.25, -0.2) is 0 Å². The molecule has 2 aromatic carbocycles. The fourth-order valence-corrected chi connectivity index (χ4v) is 1.84. The summed E-state index contributed by atoms with van der Waals surface area (Å²) in [5, 5.41) is 0. The highest BCUT2D eigenvalue weighted by Crippen LogP contribution is 2.25. The van der Waals surface area contributed by atoms with Crippen LogP contribution in [0.1, 0.15) is 0 Å². The molecular weight excluding hydrogens is 196 g/mol. The fourth-order valence-electron chi connectivity index (χ4n) is 1.84. The van der Waals surface area contributed by atoms with Gasteiger partial charge >= 0.3 is 0 Å². The molecule has 0 saturated carbocycles. The first-order valence-electron chi connectivity index (χ1n) is 5.20. The van der Waals surface area contributed by atoms with Crippen molar-refractivity contribution in [2.75, 3.05) is 0 Å². The summed E-state index contributed by atoms with van der Waals surface area (Å²) in [4.78, 5) is 8.70. The second-order valence-electron chi connectivity index (χ2n) is 3.60. The lowest BCUT2D eigenvalue weighted by molar-refractivity contribution is 1.29. The minimum atomic E-state index is 0.934. The predicted molar refractivity (Wildman–Crippen MR) is 65.0 cm³/mol. The summed E-state index contributed by atoms with van der Waals surface area (Å²) in [6.45, 7) is 0. The van der Waals surface area contributed by atoms with Gasteiger partial charge in [-0.1, -0.05) is 42.5 Å². The molecule has 1 heterocycles. The Bertz CT molecular complexity index is 612. The topological polar surface area (TPSA) is 25.8 Å². The first-order chi connectivity index (χ1) is 7.95. The fraction of sp³-hybridized carbons (Fsp3) is 0. The van der Waals surface area contributed by atoms with E-state index in [2.05, 4.69) is 28.2 Å². The van der Waals surface area contributed by atoms with Gasteiger partial charge in [0.15, 0.2) is 0 Å². The first-order valence-corrected chi connectivity index (χ1v) is 5.20. The van der Waals surface area contributed by atoms with Crippen LogP contribution in [0.25, 0.3) is 22.2 Å². The Hall–Kier alpha value is -2.22. The number of hydrogen-bond acceptors (Lipinski definition) is 2. The van der Waals surface area contributed by atoms with Crippen molar-refractivity contribution < 1.29 is 0 Å². The molecule has 16 heavy (non-hydrogen) atoms. The third-order valence-electron chi connectivity index (χ3n) is 2.58. The maximum atomic E-state index is 4.40. The molecule has 0 aliphatic heterocycles. The van der Waals surface area contributed by atoms with Crippen LogP contribution in [0, 0.1) is 0 Å². The summed E-state index contributed by atoms with van der Waals surface area (Å²) in [5.74, 6) is 0. The number of para-hydroxylation sites is 1. The van der Waals surface area contributed by atoms with Gasteiger partial charge in [0.25, 0.3) is 0 Å². The summed E-state index contributed by atoms with van der Waals surface area (Å²) in [5.41, 5.74) is 4.19. The quantitative estimate of drug-likeness (QED) is 0.610. The molecule has 0 unspecified atom stereocenters. The van der Waals surface area contributed by atoms with Gasteiger partial charge in [-0.05, 0) is 11.6 Å². The normalized spacial score (nSPS) is 10.5. The zero-order valence-corrected chi connectivity index (χ0v) is 8.67. The van der Waals surface area contributed by atoms with Crippen molar-refractivity contribution >= 4 is 11.0 Å². The number of nitrogens with zero attached hydrogens (tertiary/aromatic N) is 2. The van der Waals surface area contributed by atoms with E-state index in [9.17, 15) is 0 Å². The highest BCUT2D eigenvalue weighted by atomic mass is 14.8. The van der Waals surface area contributed by atoms with E-state index >= 15 is 0 Å². The van der Waals surface area contributed by atoms with E-state index in [1.807, 2.05) is 30.3 Å². The number of rotatable bonds is 1. The average Bonchev–Trinajstić information content (AvgIpc) is 2.39. The highest BCUT2D eigenvalue weighted by Gasteiger charge is 2.03. The Kier molecular flexibility index (Phi) is 2.11. The summed E-state index contributed by atoms with van der Waals surface area (Å²) < 4.78 is 0. The van der Waals surface area contributed by atoms with Crippen molar-refractivity contribution in [2.24, 2.45) is 0 Å².